The van der Waals surface area contributed by atoms with Crippen molar-refractivity contribution in [1.29, 1.82) is 0 Å². The van der Waals surface area contributed by atoms with Crippen LogP contribution in [0.3, 0.4) is 0 Å². The molecule has 0 aliphatic rings. The van der Waals surface area contributed by atoms with Crippen LogP contribution in [0.25, 0.3) is 32.6 Å². The molecule has 0 unspecified atom stereocenters. The predicted octanol–water partition coefficient (Wildman–Crippen LogP) is 6.26. The van der Waals surface area contributed by atoms with Crippen molar-refractivity contribution in [3.8, 4) is 0 Å². The van der Waals surface area contributed by atoms with Crippen LogP contribution < -0.4 is 11.2 Å². The van der Waals surface area contributed by atoms with E-state index in [0.29, 0.717) is 39.0 Å². The number of fused-ring (bicyclic) bond motifs is 4. The van der Waals surface area contributed by atoms with Gasteiger partial charge in [0, 0.05) is 28.8 Å². The SMILES string of the molecule is CC(C)Cn1c(SCc2cc(=O)oc3ccc4ccccc4c23)nc2cc(Cl)ccc2c1=O. The first-order valence-electron chi connectivity index (χ1n) is 10.7. The van der Waals surface area contributed by atoms with E-state index in [-0.39, 0.29) is 11.5 Å². The molecule has 0 fully saturated rings. The van der Waals surface area contributed by atoms with Crippen LogP contribution in [0.5, 0.6) is 0 Å². The monoisotopic (exact) mass is 476 g/mol. The van der Waals surface area contributed by atoms with Gasteiger partial charge in [-0.15, -0.1) is 0 Å². The normalized spacial score (nSPS) is 11.8. The number of hydrogen-bond acceptors (Lipinski definition) is 5. The zero-order valence-corrected chi connectivity index (χ0v) is 19.7. The van der Waals surface area contributed by atoms with Crippen LogP contribution in [0, 0.1) is 5.92 Å². The van der Waals surface area contributed by atoms with Gasteiger partial charge in [0.15, 0.2) is 5.16 Å². The van der Waals surface area contributed by atoms with E-state index in [0.717, 1.165) is 21.7 Å². The highest BCUT2D eigenvalue weighted by molar-refractivity contribution is 7.98. The fraction of sp³-hybridized carbons (Fsp3) is 0.192. The largest absolute Gasteiger partial charge is 0.423 e. The maximum absolute atomic E-state index is 13.3. The molecule has 166 valence electrons. The lowest BCUT2D eigenvalue weighted by Gasteiger charge is -2.15. The minimum absolute atomic E-state index is 0.0873. The fourth-order valence-electron chi connectivity index (χ4n) is 4.09. The molecule has 5 aromatic rings. The van der Waals surface area contributed by atoms with Crippen LogP contribution in [0.2, 0.25) is 5.02 Å². The molecule has 0 saturated carbocycles. The molecule has 0 amide bonds. The molecule has 0 saturated heterocycles. The quantitative estimate of drug-likeness (QED) is 0.130. The zero-order chi connectivity index (χ0) is 23.1. The maximum atomic E-state index is 13.3. The van der Waals surface area contributed by atoms with Gasteiger partial charge in [-0.2, -0.15) is 0 Å². The summed E-state index contributed by atoms with van der Waals surface area (Å²) < 4.78 is 7.20. The highest BCUT2D eigenvalue weighted by atomic mass is 35.5. The molecule has 5 rings (SSSR count). The Balaban J connectivity index is 1.65. The Morgan fingerprint density at radius 3 is 2.67 bits per heavy atom. The topological polar surface area (TPSA) is 65.1 Å². The summed E-state index contributed by atoms with van der Waals surface area (Å²) in [5.74, 6) is 0.731. The summed E-state index contributed by atoms with van der Waals surface area (Å²) in [5, 5.41) is 4.67. The standard InChI is InChI=1S/C26H21ClN2O3S/c1-15(2)13-29-25(31)20-9-8-18(27)12-21(20)28-26(29)33-14-17-11-23(30)32-22-10-7-16-5-3-4-6-19(16)24(17)22/h3-12,15H,13-14H2,1-2H3. The molecule has 0 aliphatic heterocycles. The van der Waals surface area contributed by atoms with Crippen molar-refractivity contribution < 1.29 is 4.42 Å². The summed E-state index contributed by atoms with van der Waals surface area (Å²) >= 11 is 7.60. The van der Waals surface area contributed by atoms with Gasteiger partial charge in [-0.25, -0.2) is 9.78 Å². The molecule has 0 spiro atoms. The van der Waals surface area contributed by atoms with Gasteiger partial charge < -0.3 is 4.42 Å². The first-order valence-corrected chi connectivity index (χ1v) is 12.0. The average Bonchev–Trinajstić information content (AvgIpc) is 2.78. The first-order chi connectivity index (χ1) is 15.9. The second kappa shape index (κ2) is 8.69. The molecule has 33 heavy (non-hydrogen) atoms. The van der Waals surface area contributed by atoms with E-state index in [1.54, 1.807) is 22.8 Å². The van der Waals surface area contributed by atoms with E-state index < -0.39 is 5.63 Å². The van der Waals surface area contributed by atoms with Gasteiger partial charge in [0.2, 0.25) is 0 Å². The summed E-state index contributed by atoms with van der Waals surface area (Å²) in [7, 11) is 0. The van der Waals surface area contributed by atoms with Crippen molar-refractivity contribution >= 4 is 56.0 Å². The second-order valence-electron chi connectivity index (χ2n) is 8.40. The van der Waals surface area contributed by atoms with E-state index in [1.807, 2.05) is 36.4 Å². The van der Waals surface area contributed by atoms with Gasteiger partial charge in [-0.1, -0.05) is 67.5 Å². The number of nitrogens with zero attached hydrogens (tertiary/aromatic N) is 2. The fourth-order valence-corrected chi connectivity index (χ4v) is 5.24. The molecule has 0 atom stereocenters. The van der Waals surface area contributed by atoms with Gasteiger partial charge in [0.05, 0.1) is 10.9 Å². The van der Waals surface area contributed by atoms with Crippen LogP contribution in [-0.4, -0.2) is 9.55 Å². The van der Waals surface area contributed by atoms with E-state index >= 15 is 0 Å². The van der Waals surface area contributed by atoms with Crippen molar-refractivity contribution in [3.05, 3.63) is 92.0 Å². The van der Waals surface area contributed by atoms with Crippen LogP contribution in [-0.2, 0) is 12.3 Å². The number of hydrogen-bond donors (Lipinski definition) is 0. The molecule has 2 heterocycles. The van der Waals surface area contributed by atoms with Crippen LogP contribution >= 0.6 is 23.4 Å². The van der Waals surface area contributed by atoms with Crippen LogP contribution in [0.4, 0.5) is 0 Å². The van der Waals surface area contributed by atoms with Crippen molar-refractivity contribution in [1.82, 2.24) is 9.55 Å². The Morgan fingerprint density at radius 1 is 1.03 bits per heavy atom. The number of rotatable bonds is 5. The van der Waals surface area contributed by atoms with Crippen LogP contribution in [0.15, 0.2) is 79.8 Å². The lowest BCUT2D eigenvalue weighted by molar-refractivity contribution is 0.475. The second-order valence-corrected chi connectivity index (χ2v) is 9.78. The molecule has 7 heteroatoms. The average molecular weight is 477 g/mol. The van der Waals surface area contributed by atoms with Gasteiger partial charge in [-0.3, -0.25) is 9.36 Å². The Bertz CT molecular complexity index is 1640. The Morgan fingerprint density at radius 2 is 1.85 bits per heavy atom. The highest BCUT2D eigenvalue weighted by Gasteiger charge is 2.16. The number of aromatic nitrogens is 2. The van der Waals surface area contributed by atoms with E-state index in [9.17, 15) is 9.59 Å². The molecular formula is C26H21ClN2O3S. The van der Waals surface area contributed by atoms with Gasteiger partial charge in [0.25, 0.3) is 5.56 Å². The number of halogens is 1. The van der Waals surface area contributed by atoms with Gasteiger partial charge >= 0.3 is 5.63 Å². The Labute approximate surface area is 199 Å². The highest BCUT2D eigenvalue weighted by Crippen LogP contribution is 2.31. The summed E-state index contributed by atoms with van der Waals surface area (Å²) in [6.45, 7) is 4.68. The van der Waals surface area contributed by atoms with E-state index in [4.69, 9.17) is 21.0 Å². The third kappa shape index (κ3) is 4.16. The maximum Gasteiger partial charge on any atom is 0.336 e. The molecule has 0 radical (unpaired) electrons. The van der Waals surface area contributed by atoms with Gasteiger partial charge in [-0.05, 0) is 46.5 Å². The Hall–Kier alpha value is -3.09. The molecular weight excluding hydrogens is 456 g/mol. The smallest absolute Gasteiger partial charge is 0.336 e. The molecule has 0 bridgehead atoms. The first kappa shape index (κ1) is 21.7. The van der Waals surface area contributed by atoms with Gasteiger partial charge in [0.1, 0.15) is 5.58 Å². The van der Waals surface area contributed by atoms with E-state index in [2.05, 4.69) is 13.8 Å². The summed E-state index contributed by atoms with van der Waals surface area (Å²) in [6, 6.07) is 18.5. The third-order valence-electron chi connectivity index (χ3n) is 5.50. The molecule has 0 N–H and O–H groups in total. The Kier molecular flexibility index (Phi) is 5.72. The summed E-state index contributed by atoms with van der Waals surface area (Å²) in [4.78, 5) is 30.3. The van der Waals surface area contributed by atoms with Crippen molar-refractivity contribution in [2.75, 3.05) is 0 Å². The summed E-state index contributed by atoms with van der Waals surface area (Å²) in [5.41, 5.74) is 1.48. The summed E-state index contributed by atoms with van der Waals surface area (Å²) in [6.07, 6.45) is 0. The molecule has 3 aromatic carbocycles. The number of benzene rings is 3. The minimum Gasteiger partial charge on any atom is -0.423 e. The van der Waals surface area contributed by atoms with E-state index in [1.165, 1.54) is 17.8 Å². The lowest BCUT2D eigenvalue weighted by Crippen LogP contribution is -2.25. The number of thioether (sulfide) groups is 1. The van der Waals surface area contributed by atoms with Crippen LogP contribution in [0.1, 0.15) is 19.4 Å². The molecule has 0 aliphatic carbocycles. The van der Waals surface area contributed by atoms with Crippen molar-refractivity contribution in [2.24, 2.45) is 5.92 Å². The lowest BCUT2D eigenvalue weighted by atomic mass is 10.0. The predicted molar refractivity (Wildman–Crippen MR) is 135 cm³/mol. The molecule has 2 aromatic heterocycles. The van der Waals surface area contributed by atoms with Crippen molar-refractivity contribution in [3.63, 3.8) is 0 Å². The minimum atomic E-state index is -0.397. The third-order valence-corrected chi connectivity index (χ3v) is 6.76. The zero-order valence-electron chi connectivity index (χ0n) is 18.2. The molecule has 5 nitrogen and oxygen atoms in total. The van der Waals surface area contributed by atoms with Crippen molar-refractivity contribution in [2.45, 2.75) is 31.3 Å².